The molecule has 0 amide bonds. The highest BCUT2D eigenvalue weighted by atomic mass is 32.1. The average Bonchev–Trinajstić information content (AvgIpc) is 2.50. The first-order chi connectivity index (χ1) is 5.43. The van der Waals surface area contributed by atoms with E-state index in [1.54, 1.807) is 0 Å². The van der Waals surface area contributed by atoms with E-state index in [-0.39, 0.29) is 0 Å². The maximum absolute atomic E-state index is 3.96. The second-order valence-corrected chi connectivity index (χ2v) is 3.03. The van der Waals surface area contributed by atoms with Crippen molar-refractivity contribution in [2.24, 2.45) is 5.92 Å². The average molecular weight is 164 g/mol. The Morgan fingerprint density at radius 1 is 1.18 bits per heavy atom. The topological polar surface area (TPSA) is 0 Å². The number of hydrogen-bond acceptors (Lipinski definition) is 1. The molecule has 0 bridgehead atoms. The summed E-state index contributed by atoms with van der Waals surface area (Å²) in [6.45, 7) is 0. The highest BCUT2D eigenvalue weighted by Gasteiger charge is 2.10. The monoisotopic (exact) mass is 164 g/mol. The summed E-state index contributed by atoms with van der Waals surface area (Å²) < 4.78 is 0. The quantitative estimate of drug-likeness (QED) is 0.411. The highest BCUT2D eigenvalue weighted by Crippen LogP contribution is 2.23. The van der Waals surface area contributed by atoms with Crippen LogP contribution in [0.2, 0.25) is 0 Å². The van der Waals surface area contributed by atoms with Crippen LogP contribution >= 0.6 is 12.6 Å². The third-order valence-electron chi connectivity index (χ3n) is 1.86. The molecule has 0 aromatic carbocycles. The van der Waals surface area contributed by atoms with Crippen LogP contribution in [0.1, 0.15) is 25.7 Å². The van der Waals surface area contributed by atoms with Crippen molar-refractivity contribution in [3.63, 3.8) is 0 Å². The molecule has 0 aromatic heterocycles. The van der Waals surface area contributed by atoms with E-state index in [2.05, 4.69) is 36.3 Å². The molecule has 58 valence electrons. The fourth-order valence-corrected chi connectivity index (χ4v) is 1.37. The van der Waals surface area contributed by atoms with Crippen molar-refractivity contribution >= 4 is 12.6 Å². The molecule has 0 aromatic rings. The van der Waals surface area contributed by atoms with Crippen molar-refractivity contribution in [1.29, 1.82) is 0 Å². The van der Waals surface area contributed by atoms with Crippen LogP contribution in [0, 0.1) is 29.6 Å². The summed E-state index contributed by atoms with van der Waals surface area (Å²) in [6.07, 6.45) is 5.24. The fourth-order valence-electron chi connectivity index (χ4n) is 1.29. The Hall–Kier alpha value is -0.530. The molecule has 0 spiro atoms. The molecule has 1 saturated carbocycles. The smallest absolute Gasteiger partial charge is 0.0527 e. The van der Waals surface area contributed by atoms with Crippen molar-refractivity contribution < 1.29 is 0 Å². The van der Waals surface area contributed by atoms with E-state index < -0.39 is 0 Å². The summed E-state index contributed by atoms with van der Waals surface area (Å²) in [4.78, 5) is 0. The maximum Gasteiger partial charge on any atom is 0.0527 e. The third-order valence-corrected chi connectivity index (χ3v) is 2.02. The molecule has 11 heavy (non-hydrogen) atoms. The molecule has 0 atom stereocenters. The largest absolute Gasteiger partial charge is 0.166 e. The first-order valence-corrected chi connectivity index (χ1v) is 4.66. The lowest BCUT2D eigenvalue weighted by Gasteiger charge is -1.92. The van der Waals surface area contributed by atoms with Gasteiger partial charge in [-0.3, -0.25) is 0 Å². The predicted octanol–water partition coefficient (Wildman–Crippen LogP) is 2.11. The first-order valence-electron chi connectivity index (χ1n) is 4.02. The van der Waals surface area contributed by atoms with Crippen LogP contribution in [-0.2, 0) is 0 Å². The van der Waals surface area contributed by atoms with E-state index in [1.807, 2.05) is 0 Å². The Kier molecular flexibility index (Phi) is 4.02. The molecule has 0 saturated heterocycles. The van der Waals surface area contributed by atoms with Crippen LogP contribution < -0.4 is 0 Å². The van der Waals surface area contributed by atoms with Crippen LogP contribution in [0.25, 0.3) is 0 Å². The van der Waals surface area contributed by atoms with Gasteiger partial charge >= 0.3 is 0 Å². The van der Waals surface area contributed by atoms with E-state index in [0.717, 1.165) is 0 Å². The van der Waals surface area contributed by atoms with Gasteiger partial charge in [0.1, 0.15) is 0 Å². The van der Waals surface area contributed by atoms with E-state index >= 15 is 0 Å². The Labute approximate surface area is 74.2 Å². The van der Waals surface area contributed by atoms with E-state index in [9.17, 15) is 0 Å². The van der Waals surface area contributed by atoms with Crippen LogP contribution in [0.15, 0.2) is 0 Å². The van der Waals surface area contributed by atoms with Gasteiger partial charge in [0.05, 0.1) is 5.75 Å². The predicted molar refractivity (Wildman–Crippen MR) is 51.4 cm³/mol. The minimum Gasteiger partial charge on any atom is -0.166 e. The lowest BCUT2D eigenvalue weighted by Crippen LogP contribution is -1.84. The van der Waals surface area contributed by atoms with Gasteiger partial charge in [0.15, 0.2) is 0 Å². The number of rotatable bonds is 0. The van der Waals surface area contributed by atoms with Crippen molar-refractivity contribution in [3.8, 4) is 23.7 Å². The van der Waals surface area contributed by atoms with Gasteiger partial charge in [-0.1, -0.05) is 24.7 Å². The summed E-state index contributed by atoms with van der Waals surface area (Å²) in [5.41, 5.74) is 0. The first kappa shape index (κ1) is 8.57. The van der Waals surface area contributed by atoms with Gasteiger partial charge in [-0.25, -0.2) is 0 Å². The molecule has 1 heteroatoms. The number of hydrogen-bond donors (Lipinski definition) is 1. The Bertz CT molecular complexity index is 215. The Morgan fingerprint density at radius 3 is 2.55 bits per heavy atom. The van der Waals surface area contributed by atoms with Crippen LogP contribution in [0.3, 0.4) is 0 Å². The zero-order chi connectivity index (χ0) is 7.94. The SMILES string of the molecule is SCC#CC#CC1CCCC1. The van der Waals surface area contributed by atoms with Gasteiger partial charge in [-0.15, -0.1) is 0 Å². The molecule has 0 unspecified atom stereocenters. The summed E-state index contributed by atoms with van der Waals surface area (Å²) in [7, 11) is 0. The standard InChI is InChI=1S/C10H12S/c11-9-5-1-2-6-10-7-3-4-8-10/h10-11H,3-4,7-9H2. The maximum atomic E-state index is 3.96. The molecule has 0 radical (unpaired) electrons. The summed E-state index contributed by atoms with van der Waals surface area (Å²) in [5, 5.41) is 0. The Morgan fingerprint density at radius 2 is 1.91 bits per heavy atom. The molecule has 0 nitrogen and oxygen atoms in total. The van der Waals surface area contributed by atoms with Crippen molar-refractivity contribution in [1.82, 2.24) is 0 Å². The van der Waals surface area contributed by atoms with Gasteiger partial charge in [0.2, 0.25) is 0 Å². The highest BCUT2D eigenvalue weighted by molar-refractivity contribution is 7.80. The minimum atomic E-state index is 0.610. The molecular formula is C10H12S. The van der Waals surface area contributed by atoms with E-state index in [4.69, 9.17) is 0 Å². The van der Waals surface area contributed by atoms with Crippen LogP contribution in [0.4, 0.5) is 0 Å². The molecule has 1 aliphatic carbocycles. The van der Waals surface area contributed by atoms with Crippen molar-refractivity contribution in [3.05, 3.63) is 0 Å². The lowest BCUT2D eigenvalue weighted by molar-refractivity contribution is 0.712. The molecule has 1 aliphatic rings. The fraction of sp³-hybridized carbons (Fsp3) is 0.600. The zero-order valence-corrected chi connectivity index (χ0v) is 7.45. The summed E-state index contributed by atoms with van der Waals surface area (Å²) >= 11 is 3.96. The summed E-state index contributed by atoms with van der Waals surface area (Å²) in [6, 6.07) is 0. The molecule has 0 heterocycles. The van der Waals surface area contributed by atoms with E-state index in [1.165, 1.54) is 25.7 Å². The lowest BCUT2D eigenvalue weighted by atomic mass is 10.1. The molecule has 1 fully saturated rings. The van der Waals surface area contributed by atoms with Crippen molar-refractivity contribution in [2.75, 3.05) is 5.75 Å². The second-order valence-electron chi connectivity index (χ2n) is 2.71. The molecule has 0 aliphatic heterocycles. The molecule has 1 rings (SSSR count). The van der Waals surface area contributed by atoms with Gasteiger partial charge < -0.3 is 0 Å². The summed E-state index contributed by atoms with van der Waals surface area (Å²) in [5.74, 6) is 12.9. The molecule has 0 N–H and O–H groups in total. The number of thiol groups is 1. The van der Waals surface area contributed by atoms with Crippen molar-refractivity contribution in [2.45, 2.75) is 25.7 Å². The minimum absolute atomic E-state index is 0.610. The second kappa shape index (κ2) is 5.16. The third kappa shape index (κ3) is 3.40. The normalized spacial score (nSPS) is 16.5. The van der Waals surface area contributed by atoms with Crippen LogP contribution in [0.5, 0.6) is 0 Å². The van der Waals surface area contributed by atoms with E-state index in [0.29, 0.717) is 11.7 Å². The van der Waals surface area contributed by atoms with Crippen LogP contribution in [-0.4, -0.2) is 5.75 Å². The van der Waals surface area contributed by atoms with Gasteiger partial charge in [0, 0.05) is 5.92 Å². The van der Waals surface area contributed by atoms with Gasteiger partial charge in [0.25, 0.3) is 0 Å². The van der Waals surface area contributed by atoms with Gasteiger partial charge in [-0.05, 0) is 24.7 Å². The Balaban J connectivity index is 2.30. The van der Waals surface area contributed by atoms with Gasteiger partial charge in [-0.2, -0.15) is 12.6 Å². The molecular weight excluding hydrogens is 152 g/mol. The zero-order valence-electron chi connectivity index (χ0n) is 6.56.